The summed E-state index contributed by atoms with van der Waals surface area (Å²) in [7, 11) is 1.65. The van der Waals surface area contributed by atoms with Gasteiger partial charge in [-0.05, 0) is 11.1 Å². The molecule has 0 spiro atoms. The first kappa shape index (κ1) is 10.2. The van der Waals surface area contributed by atoms with E-state index in [2.05, 4.69) is 0 Å². The van der Waals surface area contributed by atoms with E-state index in [-0.39, 0.29) is 12.6 Å². The van der Waals surface area contributed by atoms with Crippen LogP contribution in [0.3, 0.4) is 0 Å². The van der Waals surface area contributed by atoms with Crippen molar-refractivity contribution in [3.8, 4) is 0 Å². The molecule has 0 heterocycles. The molecule has 1 aromatic carbocycles. The van der Waals surface area contributed by atoms with E-state index in [1.165, 1.54) is 0 Å². The molecule has 3 nitrogen and oxygen atoms in total. The quantitative estimate of drug-likeness (QED) is 0.723. The number of aliphatic hydroxyl groups is 1. The molecule has 1 rings (SSSR count). The zero-order chi connectivity index (χ0) is 9.68. The summed E-state index contributed by atoms with van der Waals surface area (Å²) >= 11 is 0. The zero-order valence-corrected chi connectivity index (χ0v) is 7.73. The van der Waals surface area contributed by atoms with Crippen molar-refractivity contribution in [1.29, 1.82) is 0 Å². The van der Waals surface area contributed by atoms with Crippen molar-refractivity contribution in [3.05, 3.63) is 35.4 Å². The molecule has 0 radical (unpaired) electrons. The highest BCUT2D eigenvalue weighted by Crippen LogP contribution is 2.12. The third kappa shape index (κ3) is 2.81. The monoisotopic (exact) mass is 181 g/mol. The smallest absolute Gasteiger partial charge is 0.0713 e. The van der Waals surface area contributed by atoms with Crippen LogP contribution < -0.4 is 5.73 Å². The van der Waals surface area contributed by atoms with Crippen LogP contribution in [-0.2, 0) is 11.3 Å². The van der Waals surface area contributed by atoms with Crippen LogP contribution in [0.1, 0.15) is 17.2 Å². The molecule has 0 saturated heterocycles. The lowest BCUT2D eigenvalue weighted by Gasteiger charge is -2.09. The van der Waals surface area contributed by atoms with Crippen molar-refractivity contribution in [2.24, 2.45) is 5.73 Å². The van der Waals surface area contributed by atoms with Crippen molar-refractivity contribution < 1.29 is 9.84 Å². The third-order valence-corrected chi connectivity index (χ3v) is 1.89. The number of ether oxygens (including phenoxy) is 1. The van der Waals surface area contributed by atoms with Crippen molar-refractivity contribution >= 4 is 0 Å². The number of rotatable bonds is 4. The van der Waals surface area contributed by atoms with Gasteiger partial charge in [-0.2, -0.15) is 0 Å². The van der Waals surface area contributed by atoms with E-state index in [1.54, 1.807) is 7.11 Å². The molecule has 72 valence electrons. The Labute approximate surface area is 78.1 Å². The normalized spacial score (nSPS) is 12.8. The highest BCUT2D eigenvalue weighted by molar-refractivity contribution is 5.25. The summed E-state index contributed by atoms with van der Waals surface area (Å²) in [6.07, 6.45) is 0. The Kier molecular flexibility index (Phi) is 3.89. The Bertz CT molecular complexity index is 263. The average molecular weight is 181 g/mol. The van der Waals surface area contributed by atoms with Gasteiger partial charge >= 0.3 is 0 Å². The molecular formula is C10H15NO2. The average Bonchev–Trinajstić information content (AvgIpc) is 2.18. The van der Waals surface area contributed by atoms with Crippen LogP contribution in [0, 0.1) is 0 Å². The maximum absolute atomic E-state index is 8.85. The lowest BCUT2D eigenvalue weighted by atomic mass is 10.1. The Morgan fingerprint density at radius 1 is 1.54 bits per heavy atom. The van der Waals surface area contributed by atoms with E-state index in [4.69, 9.17) is 15.6 Å². The largest absolute Gasteiger partial charge is 0.394 e. The van der Waals surface area contributed by atoms with Gasteiger partial charge in [0.05, 0.1) is 19.3 Å². The lowest BCUT2D eigenvalue weighted by molar-refractivity contribution is 0.184. The fourth-order valence-corrected chi connectivity index (χ4v) is 1.19. The van der Waals surface area contributed by atoms with Crippen LogP contribution in [-0.4, -0.2) is 18.8 Å². The van der Waals surface area contributed by atoms with Gasteiger partial charge in [-0.25, -0.2) is 0 Å². The number of hydrogen-bond donors (Lipinski definition) is 2. The standard InChI is InChI=1S/C10H15NO2/c1-13-7-8-3-2-4-9(5-8)10(11)6-12/h2-5,10,12H,6-7,11H2,1H3/t10-/m1/s1. The van der Waals surface area contributed by atoms with Gasteiger partial charge in [-0.15, -0.1) is 0 Å². The number of benzene rings is 1. The summed E-state index contributed by atoms with van der Waals surface area (Å²) in [5.74, 6) is 0. The first-order valence-corrected chi connectivity index (χ1v) is 4.22. The van der Waals surface area contributed by atoms with Gasteiger partial charge in [0.1, 0.15) is 0 Å². The molecule has 1 aromatic rings. The van der Waals surface area contributed by atoms with Gasteiger partial charge in [-0.3, -0.25) is 0 Å². The molecule has 0 aliphatic heterocycles. The fourth-order valence-electron chi connectivity index (χ4n) is 1.19. The van der Waals surface area contributed by atoms with Gasteiger partial charge in [-0.1, -0.05) is 24.3 Å². The Morgan fingerprint density at radius 3 is 2.92 bits per heavy atom. The molecule has 0 aromatic heterocycles. The van der Waals surface area contributed by atoms with E-state index >= 15 is 0 Å². The molecule has 13 heavy (non-hydrogen) atoms. The first-order valence-electron chi connectivity index (χ1n) is 4.22. The van der Waals surface area contributed by atoms with Crippen LogP contribution in [0.5, 0.6) is 0 Å². The summed E-state index contributed by atoms with van der Waals surface area (Å²) in [6.45, 7) is 0.544. The van der Waals surface area contributed by atoms with E-state index in [0.29, 0.717) is 6.61 Å². The van der Waals surface area contributed by atoms with Crippen molar-refractivity contribution in [2.45, 2.75) is 12.6 Å². The maximum Gasteiger partial charge on any atom is 0.0713 e. The number of hydrogen-bond acceptors (Lipinski definition) is 3. The summed E-state index contributed by atoms with van der Waals surface area (Å²) in [5, 5.41) is 8.85. The highest BCUT2D eigenvalue weighted by Gasteiger charge is 2.03. The lowest BCUT2D eigenvalue weighted by Crippen LogP contribution is -2.14. The molecule has 0 saturated carbocycles. The summed E-state index contributed by atoms with van der Waals surface area (Å²) in [5.41, 5.74) is 7.68. The minimum Gasteiger partial charge on any atom is -0.394 e. The zero-order valence-electron chi connectivity index (χ0n) is 7.73. The van der Waals surface area contributed by atoms with Gasteiger partial charge in [0.15, 0.2) is 0 Å². The van der Waals surface area contributed by atoms with Crippen molar-refractivity contribution in [1.82, 2.24) is 0 Å². The van der Waals surface area contributed by atoms with E-state index in [0.717, 1.165) is 11.1 Å². The first-order chi connectivity index (χ1) is 6.27. The summed E-state index contributed by atoms with van der Waals surface area (Å²) < 4.78 is 4.99. The molecule has 0 bridgehead atoms. The van der Waals surface area contributed by atoms with Gasteiger partial charge in [0.2, 0.25) is 0 Å². The van der Waals surface area contributed by atoms with Crippen LogP contribution in [0.25, 0.3) is 0 Å². The Morgan fingerprint density at radius 2 is 2.31 bits per heavy atom. The third-order valence-electron chi connectivity index (χ3n) is 1.89. The molecule has 0 unspecified atom stereocenters. The molecule has 3 N–H and O–H groups in total. The Balaban J connectivity index is 2.78. The topological polar surface area (TPSA) is 55.5 Å². The molecular weight excluding hydrogens is 166 g/mol. The summed E-state index contributed by atoms with van der Waals surface area (Å²) in [6, 6.07) is 7.44. The van der Waals surface area contributed by atoms with Gasteiger partial charge < -0.3 is 15.6 Å². The van der Waals surface area contributed by atoms with E-state index < -0.39 is 0 Å². The maximum atomic E-state index is 8.85. The van der Waals surface area contributed by atoms with E-state index in [9.17, 15) is 0 Å². The second-order valence-corrected chi connectivity index (χ2v) is 2.97. The molecule has 3 heteroatoms. The predicted molar refractivity (Wildman–Crippen MR) is 51.2 cm³/mol. The molecule has 0 aliphatic rings. The van der Waals surface area contributed by atoms with Crippen molar-refractivity contribution in [3.63, 3.8) is 0 Å². The van der Waals surface area contributed by atoms with E-state index in [1.807, 2.05) is 24.3 Å². The van der Waals surface area contributed by atoms with Crippen LogP contribution >= 0.6 is 0 Å². The van der Waals surface area contributed by atoms with Crippen molar-refractivity contribution in [2.75, 3.05) is 13.7 Å². The summed E-state index contributed by atoms with van der Waals surface area (Å²) in [4.78, 5) is 0. The minimum absolute atomic E-state index is 0.0313. The Hall–Kier alpha value is -0.900. The molecule has 0 amide bonds. The predicted octanol–water partition coefficient (Wildman–Crippen LogP) is 0.825. The number of methoxy groups -OCH3 is 1. The van der Waals surface area contributed by atoms with Crippen LogP contribution in [0.2, 0.25) is 0 Å². The SMILES string of the molecule is COCc1cccc([C@H](N)CO)c1. The second-order valence-electron chi connectivity index (χ2n) is 2.97. The highest BCUT2D eigenvalue weighted by atomic mass is 16.5. The van der Waals surface area contributed by atoms with Gasteiger partial charge in [0.25, 0.3) is 0 Å². The van der Waals surface area contributed by atoms with Gasteiger partial charge in [0, 0.05) is 7.11 Å². The number of aliphatic hydroxyl groups excluding tert-OH is 1. The number of nitrogens with two attached hydrogens (primary N) is 1. The molecule has 0 aliphatic carbocycles. The molecule has 0 fully saturated rings. The minimum atomic E-state index is -0.295. The second kappa shape index (κ2) is 4.97. The molecule has 1 atom stereocenters. The van der Waals surface area contributed by atoms with Crippen LogP contribution in [0.4, 0.5) is 0 Å². The van der Waals surface area contributed by atoms with Crippen LogP contribution in [0.15, 0.2) is 24.3 Å². The fraction of sp³-hybridized carbons (Fsp3) is 0.400.